The Morgan fingerprint density at radius 3 is 2.62 bits per heavy atom. The van der Waals surface area contributed by atoms with Crippen molar-refractivity contribution < 1.29 is 14.1 Å². The van der Waals surface area contributed by atoms with Gasteiger partial charge in [-0.05, 0) is 45.0 Å². The molecule has 0 aliphatic heterocycles. The standard InChI is InChI=1S/C17H18ClN5O3/c1-9-15(18)10(2)23(21-9)11(3)17-20-16(22-26-17)12-4-6-13(7-5-12)25-8-14(19)24/h4-7,11H,8H2,1-3H3,(H2,19,24). The molecule has 0 saturated heterocycles. The van der Waals surface area contributed by atoms with E-state index in [1.807, 2.05) is 20.8 Å². The van der Waals surface area contributed by atoms with E-state index in [2.05, 4.69) is 15.2 Å². The van der Waals surface area contributed by atoms with Gasteiger partial charge in [0.05, 0.1) is 16.4 Å². The second-order valence-corrected chi connectivity index (χ2v) is 6.22. The van der Waals surface area contributed by atoms with Gasteiger partial charge in [-0.2, -0.15) is 10.1 Å². The van der Waals surface area contributed by atoms with Crippen molar-refractivity contribution in [3.8, 4) is 17.1 Å². The van der Waals surface area contributed by atoms with Crippen LogP contribution >= 0.6 is 11.6 Å². The van der Waals surface area contributed by atoms with Crippen molar-refractivity contribution in [1.82, 2.24) is 19.9 Å². The molecule has 0 radical (unpaired) electrons. The van der Waals surface area contributed by atoms with Crippen LogP contribution in [0.4, 0.5) is 0 Å². The lowest BCUT2D eigenvalue weighted by Gasteiger charge is -2.09. The number of nitrogens with two attached hydrogens (primary N) is 1. The molecule has 2 aromatic heterocycles. The van der Waals surface area contributed by atoms with Crippen LogP contribution in [0.15, 0.2) is 28.8 Å². The van der Waals surface area contributed by atoms with Crippen molar-refractivity contribution in [2.75, 3.05) is 6.61 Å². The number of halogens is 1. The predicted octanol–water partition coefficient (Wildman–Crippen LogP) is 2.68. The summed E-state index contributed by atoms with van der Waals surface area (Å²) in [7, 11) is 0. The molecular weight excluding hydrogens is 358 g/mol. The van der Waals surface area contributed by atoms with Crippen LogP contribution < -0.4 is 10.5 Å². The SMILES string of the molecule is Cc1nn(C(C)c2nc(-c3ccc(OCC(N)=O)cc3)no2)c(C)c1Cl. The summed E-state index contributed by atoms with van der Waals surface area (Å²) in [6.07, 6.45) is 0. The fraction of sp³-hybridized carbons (Fsp3) is 0.294. The number of aryl methyl sites for hydroxylation is 1. The summed E-state index contributed by atoms with van der Waals surface area (Å²) in [6, 6.07) is 6.71. The highest BCUT2D eigenvalue weighted by atomic mass is 35.5. The Bertz CT molecular complexity index is 933. The molecule has 0 spiro atoms. The highest BCUT2D eigenvalue weighted by Gasteiger charge is 2.21. The topological polar surface area (TPSA) is 109 Å². The highest BCUT2D eigenvalue weighted by molar-refractivity contribution is 6.31. The molecule has 8 nitrogen and oxygen atoms in total. The predicted molar refractivity (Wildman–Crippen MR) is 94.9 cm³/mol. The Labute approximate surface area is 154 Å². The second-order valence-electron chi connectivity index (χ2n) is 5.84. The fourth-order valence-corrected chi connectivity index (χ4v) is 2.63. The van der Waals surface area contributed by atoms with Crippen LogP contribution in [0.3, 0.4) is 0 Å². The molecule has 1 amide bonds. The second kappa shape index (κ2) is 7.17. The van der Waals surface area contributed by atoms with Gasteiger partial charge in [-0.3, -0.25) is 9.48 Å². The fourth-order valence-electron chi connectivity index (χ4n) is 2.50. The van der Waals surface area contributed by atoms with Gasteiger partial charge in [0.2, 0.25) is 5.82 Å². The van der Waals surface area contributed by atoms with Crippen molar-refractivity contribution in [2.45, 2.75) is 26.8 Å². The number of aromatic nitrogens is 4. The molecule has 3 rings (SSSR count). The van der Waals surface area contributed by atoms with Crippen molar-refractivity contribution in [1.29, 1.82) is 0 Å². The van der Waals surface area contributed by atoms with Gasteiger partial charge in [-0.1, -0.05) is 16.8 Å². The molecule has 1 aromatic carbocycles. The molecule has 0 aliphatic carbocycles. The molecule has 2 N–H and O–H groups in total. The number of nitrogens with zero attached hydrogens (tertiary/aromatic N) is 4. The average Bonchev–Trinajstić information content (AvgIpc) is 3.21. The average molecular weight is 376 g/mol. The number of primary amides is 1. The summed E-state index contributed by atoms with van der Waals surface area (Å²) >= 11 is 6.20. The zero-order chi connectivity index (χ0) is 18.8. The molecule has 136 valence electrons. The van der Waals surface area contributed by atoms with Gasteiger partial charge in [0.15, 0.2) is 6.61 Å². The third-order valence-corrected chi connectivity index (χ3v) is 4.44. The maximum Gasteiger partial charge on any atom is 0.255 e. The molecule has 0 saturated carbocycles. The lowest BCUT2D eigenvalue weighted by atomic mass is 10.2. The molecule has 3 aromatic rings. The summed E-state index contributed by atoms with van der Waals surface area (Å²) in [5, 5.41) is 9.07. The van der Waals surface area contributed by atoms with E-state index in [1.54, 1.807) is 28.9 Å². The van der Waals surface area contributed by atoms with E-state index >= 15 is 0 Å². The summed E-state index contributed by atoms with van der Waals surface area (Å²) in [6.45, 7) is 5.48. The largest absolute Gasteiger partial charge is 0.484 e. The van der Waals surface area contributed by atoms with E-state index in [-0.39, 0.29) is 12.6 Å². The van der Waals surface area contributed by atoms with Crippen LogP contribution in [0, 0.1) is 13.8 Å². The normalized spacial score (nSPS) is 12.2. The Hall–Kier alpha value is -2.87. The number of carbonyl (C=O) groups excluding carboxylic acids is 1. The van der Waals surface area contributed by atoms with Crippen LogP contribution in [0.1, 0.15) is 30.2 Å². The minimum Gasteiger partial charge on any atom is -0.484 e. The number of hydrogen-bond acceptors (Lipinski definition) is 6. The minimum atomic E-state index is -0.532. The molecular formula is C17H18ClN5O3. The van der Waals surface area contributed by atoms with E-state index in [1.165, 1.54) is 0 Å². The number of carbonyl (C=O) groups is 1. The maximum atomic E-state index is 10.7. The Kier molecular flexibility index (Phi) is 4.94. The number of hydrogen-bond donors (Lipinski definition) is 1. The van der Waals surface area contributed by atoms with Gasteiger partial charge in [0, 0.05) is 5.56 Å². The van der Waals surface area contributed by atoms with Gasteiger partial charge in [-0.25, -0.2) is 0 Å². The van der Waals surface area contributed by atoms with E-state index in [9.17, 15) is 4.79 Å². The highest BCUT2D eigenvalue weighted by Crippen LogP contribution is 2.27. The maximum absolute atomic E-state index is 10.7. The first-order valence-electron chi connectivity index (χ1n) is 7.93. The molecule has 0 fully saturated rings. The summed E-state index contributed by atoms with van der Waals surface area (Å²) in [5.74, 6) is 0.870. The van der Waals surface area contributed by atoms with Crippen LogP contribution in [0.25, 0.3) is 11.4 Å². The van der Waals surface area contributed by atoms with E-state index in [0.717, 1.165) is 17.0 Å². The number of ether oxygens (including phenoxy) is 1. The lowest BCUT2D eigenvalue weighted by molar-refractivity contribution is -0.119. The minimum absolute atomic E-state index is 0.172. The third kappa shape index (κ3) is 3.55. The van der Waals surface area contributed by atoms with Gasteiger partial charge < -0.3 is 15.0 Å². The van der Waals surface area contributed by atoms with Crippen molar-refractivity contribution in [3.05, 3.63) is 46.6 Å². The zero-order valence-corrected chi connectivity index (χ0v) is 15.3. The zero-order valence-electron chi connectivity index (χ0n) is 14.6. The molecule has 0 bridgehead atoms. The quantitative estimate of drug-likeness (QED) is 0.709. The molecule has 26 heavy (non-hydrogen) atoms. The molecule has 1 unspecified atom stereocenters. The summed E-state index contributed by atoms with van der Waals surface area (Å²) in [5.41, 5.74) is 7.40. The van der Waals surface area contributed by atoms with Crippen molar-refractivity contribution in [3.63, 3.8) is 0 Å². The van der Waals surface area contributed by atoms with Crippen LogP contribution in [-0.2, 0) is 4.79 Å². The summed E-state index contributed by atoms with van der Waals surface area (Å²) in [4.78, 5) is 15.2. The van der Waals surface area contributed by atoms with Crippen LogP contribution in [0.2, 0.25) is 5.02 Å². The molecule has 0 aliphatic rings. The number of benzene rings is 1. The Balaban J connectivity index is 1.79. The van der Waals surface area contributed by atoms with E-state index in [0.29, 0.717) is 22.5 Å². The molecule has 2 heterocycles. The van der Waals surface area contributed by atoms with Gasteiger partial charge >= 0.3 is 0 Å². The first-order chi connectivity index (χ1) is 12.4. The third-order valence-electron chi connectivity index (χ3n) is 3.90. The Morgan fingerprint density at radius 1 is 1.35 bits per heavy atom. The van der Waals surface area contributed by atoms with E-state index in [4.69, 9.17) is 26.6 Å². The van der Waals surface area contributed by atoms with Crippen molar-refractivity contribution >= 4 is 17.5 Å². The first-order valence-corrected chi connectivity index (χ1v) is 8.31. The number of rotatable bonds is 6. The van der Waals surface area contributed by atoms with Crippen LogP contribution in [-0.4, -0.2) is 32.4 Å². The Morgan fingerprint density at radius 2 is 2.04 bits per heavy atom. The van der Waals surface area contributed by atoms with Gasteiger partial charge in [-0.15, -0.1) is 0 Å². The smallest absolute Gasteiger partial charge is 0.255 e. The molecule has 1 atom stereocenters. The molecule has 9 heteroatoms. The summed E-state index contributed by atoms with van der Waals surface area (Å²) < 4.78 is 12.4. The van der Waals surface area contributed by atoms with Gasteiger partial charge in [0.1, 0.15) is 11.8 Å². The number of amides is 1. The van der Waals surface area contributed by atoms with Crippen molar-refractivity contribution in [2.24, 2.45) is 5.73 Å². The van der Waals surface area contributed by atoms with E-state index < -0.39 is 5.91 Å². The monoisotopic (exact) mass is 375 g/mol. The van der Waals surface area contributed by atoms with Crippen LogP contribution in [0.5, 0.6) is 5.75 Å². The van der Waals surface area contributed by atoms with Gasteiger partial charge in [0.25, 0.3) is 11.8 Å². The lowest BCUT2D eigenvalue weighted by Crippen LogP contribution is -2.19. The first kappa shape index (κ1) is 17.9.